The van der Waals surface area contributed by atoms with Gasteiger partial charge in [-0.05, 0) is 24.3 Å². The maximum absolute atomic E-state index is 5.75. The minimum Gasteiger partial charge on any atom is -0.457 e. The van der Waals surface area contributed by atoms with Gasteiger partial charge in [-0.25, -0.2) is 0 Å². The monoisotopic (exact) mass is 354 g/mol. The van der Waals surface area contributed by atoms with Crippen LogP contribution in [0.15, 0.2) is 59.1 Å². The molecular weight excluding hydrogens is 347 g/mol. The third-order valence-corrected chi connectivity index (χ3v) is 3.22. The summed E-state index contributed by atoms with van der Waals surface area (Å²) in [6.45, 7) is 0. The number of rotatable bonds is 3. The van der Waals surface area contributed by atoms with Crippen molar-refractivity contribution in [2.45, 2.75) is 3.79 Å². The fourth-order valence-corrected chi connectivity index (χ4v) is 2.01. The minimum absolute atomic E-state index is 0.0816. The lowest BCUT2D eigenvalue weighted by Crippen LogP contribution is -1.99. The van der Waals surface area contributed by atoms with E-state index in [0.717, 1.165) is 5.75 Å². The highest BCUT2D eigenvalue weighted by Gasteiger charge is 2.30. The maximum atomic E-state index is 5.75. The molecule has 0 N–H and O–H groups in total. The van der Waals surface area contributed by atoms with Crippen molar-refractivity contribution in [3.8, 4) is 22.9 Å². The molecule has 0 amide bonds. The average molecular weight is 356 g/mol. The summed E-state index contributed by atoms with van der Waals surface area (Å²) in [5.74, 6) is 1.61. The second kappa shape index (κ2) is 6.16. The number of aromatic nitrogens is 2. The van der Waals surface area contributed by atoms with Crippen LogP contribution in [-0.4, -0.2) is 10.1 Å². The van der Waals surface area contributed by atoms with Crippen molar-refractivity contribution in [1.29, 1.82) is 0 Å². The molecule has 0 unspecified atom stereocenters. The zero-order valence-corrected chi connectivity index (χ0v) is 13.3. The van der Waals surface area contributed by atoms with Crippen molar-refractivity contribution in [2.75, 3.05) is 0 Å². The molecule has 7 heteroatoms. The molecule has 0 aliphatic carbocycles. The van der Waals surface area contributed by atoms with Gasteiger partial charge in [-0.1, -0.05) is 70.3 Å². The van der Waals surface area contributed by atoms with Gasteiger partial charge in [0.15, 0.2) is 0 Å². The Morgan fingerprint density at radius 3 is 2.32 bits per heavy atom. The summed E-state index contributed by atoms with van der Waals surface area (Å²) < 4.78 is 8.95. The first-order valence-corrected chi connectivity index (χ1v) is 7.40. The summed E-state index contributed by atoms with van der Waals surface area (Å²) >= 11 is 17.1. The van der Waals surface area contributed by atoms with Crippen LogP contribution >= 0.6 is 34.8 Å². The molecule has 0 spiro atoms. The quantitative estimate of drug-likeness (QED) is 0.594. The van der Waals surface area contributed by atoms with E-state index in [1.807, 2.05) is 48.5 Å². The van der Waals surface area contributed by atoms with Crippen LogP contribution in [-0.2, 0) is 3.79 Å². The molecule has 0 atom stereocenters. The van der Waals surface area contributed by atoms with Gasteiger partial charge >= 0.3 is 0 Å². The summed E-state index contributed by atoms with van der Waals surface area (Å²) in [6.07, 6.45) is 0. The van der Waals surface area contributed by atoms with Gasteiger partial charge < -0.3 is 9.26 Å². The van der Waals surface area contributed by atoms with Crippen molar-refractivity contribution < 1.29 is 9.26 Å². The maximum Gasteiger partial charge on any atom is 0.279 e. The molecule has 0 aliphatic rings. The molecular formula is C15H9Cl3N2O2. The largest absolute Gasteiger partial charge is 0.457 e. The van der Waals surface area contributed by atoms with Crippen molar-refractivity contribution in [3.05, 3.63) is 60.5 Å². The molecule has 22 heavy (non-hydrogen) atoms. The van der Waals surface area contributed by atoms with Crippen LogP contribution < -0.4 is 4.74 Å². The Hall–Kier alpha value is -1.75. The van der Waals surface area contributed by atoms with Crippen LogP contribution in [0.1, 0.15) is 5.89 Å². The normalized spacial score (nSPS) is 11.4. The fraction of sp³-hybridized carbons (Fsp3) is 0.0667. The van der Waals surface area contributed by atoms with Crippen molar-refractivity contribution in [3.63, 3.8) is 0 Å². The van der Waals surface area contributed by atoms with Crippen LogP contribution in [0.3, 0.4) is 0 Å². The number of hydrogen-bond donors (Lipinski definition) is 0. The number of ether oxygens (including phenoxy) is 1. The van der Waals surface area contributed by atoms with Crippen LogP contribution in [0.2, 0.25) is 0 Å². The molecule has 3 rings (SSSR count). The van der Waals surface area contributed by atoms with Gasteiger partial charge in [-0.2, -0.15) is 4.98 Å². The highest BCUT2D eigenvalue weighted by molar-refractivity contribution is 6.66. The Balaban J connectivity index is 1.86. The topological polar surface area (TPSA) is 48.2 Å². The van der Waals surface area contributed by atoms with Crippen molar-refractivity contribution in [1.82, 2.24) is 10.1 Å². The molecule has 0 radical (unpaired) electrons. The van der Waals surface area contributed by atoms with E-state index in [-0.39, 0.29) is 5.89 Å². The molecule has 0 saturated carbocycles. The van der Waals surface area contributed by atoms with Crippen LogP contribution in [0.5, 0.6) is 11.5 Å². The third-order valence-electron chi connectivity index (χ3n) is 2.74. The summed E-state index contributed by atoms with van der Waals surface area (Å²) in [6, 6.07) is 16.7. The number of benzene rings is 2. The minimum atomic E-state index is -1.75. The summed E-state index contributed by atoms with van der Waals surface area (Å²) in [7, 11) is 0. The van der Waals surface area contributed by atoms with Gasteiger partial charge in [0.05, 0.1) is 0 Å². The SMILES string of the molecule is ClC(Cl)(Cl)c1nc(-c2cccc(Oc3ccccc3)c2)no1. The molecule has 3 aromatic rings. The first-order chi connectivity index (χ1) is 10.5. The molecule has 4 nitrogen and oxygen atoms in total. The van der Waals surface area contributed by atoms with Gasteiger partial charge in [-0.3, -0.25) is 0 Å². The van der Waals surface area contributed by atoms with Crippen LogP contribution in [0.4, 0.5) is 0 Å². The van der Waals surface area contributed by atoms with Gasteiger partial charge in [0.25, 0.3) is 9.68 Å². The summed E-state index contributed by atoms with van der Waals surface area (Å²) in [5, 5.41) is 3.81. The van der Waals surface area contributed by atoms with E-state index in [1.165, 1.54) is 0 Å². The second-order valence-electron chi connectivity index (χ2n) is 4.36. The first-order valence-electron chi connectivity index (χ1n) is 6.26. The van der Waals surface area contributed by atoms with Crippen molar-refractivity contribution in [2.24, 2.45) is 0 Å². The lowest BCUT2D eigenvalue weighted by molar-refractivity contribution is 0.383. The molecule has 0 fully saturated rings. The third kappa shape index (κ3) is 3.53. The van der Waals surface area contributed by atoms with E-state index in [0.29, 0.717) is 17.1 Å². The zero-order chi connectivity index (χ0) is 15.6. The average Bonchev–Trinajstić information content (AvgIpc) is 2.99. The number of hydrogen-bond acceptors (Lipinski definition) is 4. The predicted octanol–water partition coefficient (Wildman–Crippen LogP) is 5.36. The van der Waals surface area contributed by atoms with E-state index in [1.54, 1.807) is 6.07 Å². The summed E-state index contributed by atoms with van der Waals surface area (Å²) in [4.78, 5) is 4.07. The Labute approximate surface area is 141 Å². The van der Waals surface area contributed by atoms with E-state index < -0.39 is 3.79 Å². The lowest BCUT2D eigenvalue weighted by atomic mass is 10.2. The molecule has 112 valence electrons. The number of halogens is 3. The number of para-hydroxylation sites is 1. The van der Waals surface area contributed by atoms with Crippen LogP contribution in [0.25, 0.3) is 11.4 Å². The Morgan fingerprint density at radius 1 is 0.909 bits per heavy atom. The summed E-state index contributed by atoms with van der Waals surface area (Å²) in [5.41, 5.74) is 0.692. The smallest absolute Gasteiger partial charge is 0.279 e. The van der Waals surface area contributed by atoms with E-state index in [2.05, 4.69) is 10.1 Å². The number of nitrogens with zero attached hydrogens (tertiary/aromatic N) is 2. The molecule has 1 aromatic heterocycles. The molecule has 2 aromatic carbocycles. The van der Waals surface area contributed by atoms with E-state index in [4.69, 9.17) is 44.1 Å². The highest BCUT2D eigenvalue weighted by Crippen LogP contribution is 2.38. The molecule has 0 bridgehead atoms. The van der Waals surface area contributed by atoms with Crippen LogP contribution in [0, 0.1) is 0 Å². The van der Waals surface area contributed by atoms with Gasteiger partial charge in [0.1, 0.15) is 11.5 Å². The first kappa shape index (κ1) is 15.2. The van der Waals surface area contributed by atoms with E-state index in [9.17, 15) is 0 Å². The van der Waals surface area contributed by atoms with Crippen molar-refractivity contribution >= 4 is 34.8 Å². The molecule has 0 aliphatic heterocycles. The Morgan fingerprint density at radius 2 is 1.64 bits per heavy atom. The Bertz CT molecular complexity index is 770. The number of alkyl halides is 3. The van der Waals surface area contributed by atoms with Gasteiger partial charge in [-0.15, -0.1) is 0 Å². The zero-order valence-electron chi connectivity index (χ0n) is 11.0. The predicted molar refractivity (Wildman–Crippen MR) is 85.5 cm³/mol. The van der Waals surface area contributed by atoms with Gasteiger partial charge in [0, 0.05) is 5.56 Å². The van der Waals surface area contributed by atoms with E-state index >= 15 is 0 Å². The highest BCUT2D eigenvalue weighted by atomic mass is 35.6. The standard InChI is InChI=1S/C15H9Cl3N2O2/c16-15(17,18)14-19-13(20-22-14)10-5-4-8-12(9-10)21-11-6-2-1-3-7-11/h1-9H. The molecule has 1 heterocycles. The second-order valence-corrected chi connectivity index (χ2v) is 6.65. The lowest BCUT2D eigenvalue weighted by Gasteiger charge is -2.06. The fourth-order valence-electron chi connectivity index (χ4n) is 1.78. The molecule has 0 saturated heterocycles. The Kier molecular flexibility index (Phi) is 4.25. The van der Waals surface area contributed by atoms with Gasteiger partial charge in [0.2, 0.25) is 5.82 Å².